The van der Waals surface area contributed by atoms with Crippen molar-refractivity contribution in [3.63, 3.8) is 0 Å². The molecule has 4 rings (SSSR count). The number of ether oxygens (including phenoxy) is 2. The molecule has 1 N–H and O–H groups in total. The summed E-state index contributed by atoms with van der Waals surface area (Å²) in [5.41, 5.74) is -1.16. The van der Waals surface area contributed by atoms with E-state index in [1.165, 1.54) is 52.4 Å². The number of esters is 2. The minimum Gasteiger partial charge on any atom is -0.462 e. The summed E-state index contributed by atoms with van der Waals surface area (Å²) in [6, 6.07) is 0. The van der Waals surface area contributed by atoms with Gasteiger partial charge in [-0.1, -0.05) is 53.9 Å². The average Bonchev–Trinajstić information content (AvgIpc) is 3.12. The van der Waals surface area contributed by atoms with E-state index in [0.29, 0.717) is 29.6 Å². The zero-order valence-electron chi connectivity index (χ0n) is 24.0. The van der Waals surface area contributed by atoms with E-state index in [-0.39, 0.29) is 23.5 Å². The molecule has 0 bridgehead atoms. The van der Waals surface area contributed by atoms with Crippen molar-refractivity contribution in [2.45, 2.75) is 137 Å². The fourth-order valence-corrected chi connectivity index (χ4v) is 9.92. The molecule has 0 spiro atoms. The quantitative estimate of drug-likeness (QED) is 0.391. The molecule has 0 aliphatic heterocycles. The molecule has 0 radical (unpaired) electrons. The molecule has 0 aromatic carbocycles. The van der Waals surface area contributed by atoms with Gasteiger partial charge in [-0.2, -0.15) is 0 Å². The topological polar surface area (TPSA) is 72.8 Å². The first-order chi connectivity index (χ1) is 16.8. The SMILES string of the molecule is CC(=O)O[C@@H]1CC[C@@]2(C)C3CC[C@]4(C)C(CC[C@H]4C(C)CCCC(C)C)C3C[C@H](OC(C)=O)[C@]2(O)C1. The van der Waals surface area contributed by atoms with Crippen LogP contribution in [-0.4, -0.2) is 34.9 Å². The molecule has 0 amide bonds. The Morgan fingerprint density at radius 2 is 1.61 bits per heavy atom. The van der Waals surface area contributed by atoms with Crippen molar-refractivity contribution in [2.75, 3.05) is 0 Å². The third kappa shape index (κ3) is 4.76. The Hall–Kier alpha value is -1.10. The molecular weight excluding hydrogens is 452 g/mol. The van der Waals surface area contributed by atoms with E-state index in [2.05, 4.69) is 34.6 Å². The van der Waals surface area contributed by atoms with Gasteiger partial charge < -0.3 is 14.6 Å². The molecule has 10 atom stereocenters. The van der Waals surface area contributed by atoms with Crippen molar-refractivity contribution < 1.29 is 24.2 Å². The van der Waals surface area contributed by atoms with Gasteiger partial charge in [0, 0.05) is 25.7 Å². The van der Waals surface area contributed by atoms with Crippen LogP contribution in [0.3, 0.4) is 0 Å². The van der Waals surface area contributed by atoms with Crippen LogP contribution in [0, 0.1) is 46.3 Å². The van der Waals surface area contributed by atoms with Crippen LogP contribution in [0.15, 0.2) is 0 Å². The molecule has 5 nitrogen and oxygen atoms in total. The van der Waals surface area contributed by atoms with Gasteiger partial charge in [0.2, 0.25) is 0 Å². The lowest BCUT2D eigenvalue weighted by Crippen LogP contribution is -2.69. The van der Waals surface area contributed by atoms with E-state index in [4.69, 9.17) is 9.47 Å². The first-order valence-electron chi connectivity index (χ1n) is 14.9. The second-order valence-corrected chi connectivity index (χ2v) is 14.1. The Bertz CT molecular complexity index is 824. The molecule has 206 valence electrons. The molecular formula is C31H52O5. The number of hydrogen-bond acceptors (Lipinski definition) is 5. The maximum Gasteiger partial charge on any atom is 0.303 e. The van der Waals surface area contributed by atoms with Crippen LogP contribution in [0.5, 0.6) is 0 Å². The van der Waals surface area contributed by atoms with Gasteiger partial charge in [-0.3, -0.25) is 9.59 Å². The smallest absolute Gasteiger partial charge is 0.303 e. The van der Waals surface area contributed by atoms with Crippen molar-refractivity contribution >= 4 is 11.9 Å². The van der Waals surface area contributed by atoms with E-state index in [1.54, 1.807) is 0 Å². The highest BCUT2D eigenvalue weighted by atomic mass is 16.6. The van der Waals surface area contributed by atoms with E-state index in [0.717, 1.165) is 43.4 Å². The molecule has 5 heteroatoms. The summed E-state index contributed by atoms with van der Waals surface area (Å²) in [6.07, 6.45) is 10.7. The van der Waals surface area contributed by atoms with Crippen LogP contribution in [0.2, 0.25) is 0 Å². The van der Waals surface area contributed by atoms with Crippen LogP contribution in [-0.2, 0) is 19.1 Å². The molecule has 0 aromatic rings. The number of rotatable bonds is 7. The first kappa shape index (κ1) is 27.9. The summed E-state index contributed by atoms with van der Waals surface area (Å²) in [4.78, 5) is 23.9. The molecule has 4 saturated carbocycles. The van der Waals surface area contributed by atoms with E-state index in [9.17, 15) is 14.7 Å². The summed E-state index contributed by atoms with van der Waals surface area (Å²) < 4.78 is 11.5. The van der Waals surface area contributed by atoms with Gasteiger partial charge in [-0.05, 0) is 85.9 Å². The van der Waals surface area contributed by atoms with Crippen LogP contribution in [0.4, 0.5) is 0 Å². The van der Waals surface area contributed by atoms with Crippen LogP contribution >= 0.6 is 0 Å². The highest BCUT2D eigenvalue weighted by Crippen LogP contribution is 2.69. The molecule has 0 saturated heterocycles. The van der Waals surface area contributed by atoms with Gasteiger partial charge in [0.25, 0.3) is 0 Å². The lowest BCUT2D eigenvalue weighted by Gasteiger charge is -2.65. The third-order valence-electron chi connectivity index (χ3n) is 11.6. The summed E-state index contributed by atoms with van der Waals surface area (Å²) >= 11 is 0. The second kappa shape index (κ2) is 10.2. The van der Waals surface area contributed by atoms with Crippen molar-refractivity contribution in [3.8, 4) is 0 Å². The van der Waals surface area contributed by atoms with Gasteiger partial charge in [-0.15, -0.1) is 0 Å². The normalized spacial score (nSPS) is 44.8. The molecule has 4 aliphatic carbocycles. The van der Waals surface area contributed by atoms with Crippen LogP contribution in [0.25, 0.3) is 0 Å². The Morgan fingerprint density at radius 1 is 0.917 bits per heavy atom. The van der Waals surface area contributed by atoms with Gasteiger partial charge in [0.05, 0.1) is 0 Å². The van der Waals surface area contributed by atoms with E-state index < -0.39 is 11.7 Å². The monoisotopic (exact) mass is 504 g/mol. The zero-order valence-corrected chi connectivity index (χ0v) is 24.0. The van der Waals surface area contributed by atoms with Crippen LogP contribution in [0.1, 0.15) is 119 Å². The summed E-state index contributed by atoms with van der Waals surface area (Å²) in [5, 5.41) is 12.3. The summed E-state index contributed by atoms with van der Waals surface area (Å²) in [5.74, 6) is 3.15. The first-order valence-corrected chi connectivity index (χ1v) is 14.9. The van der Waals surface area contributed by atoms with Crippen molar-refractivity contribution in [3.05, 3.63) is 0 Å². The standard InChI is InChI=1S/C31H52O5/c1-19(2)9-8-10-20(3)25-11-12-26-24-17-28(36-22(5)33)31(34)18-23(35-21(4)32)13-16-30(31,7)27(24)14-15-29(25,26)6/h19-20,23-28,34H,8-18H2,1-7H3/t20?,23-,24?,25+,26?,27?,28+,29+,30+,31-/m1/s1. The molecule has 4 unspecified atom stereocenters. The summed E-state index contributed by atoms with van der Waals surface area (Å²) in [7, 11) is 0. The Balaban J connectivity index is 1.59. The van der Waals surface area contributed by atoms with Gasteiger partial charge in [0.1, 0.15) is 17.8 Å². The Morgan fingerprint density at radius 3 is 2.25 bits per heavy atom. The third-order valence-corrected chi connectivity index (χ3v) is 11.6. The number of aliphatic hydroxyl groups is 1. The van der Waals surface area contributed by atoms with Gasteiger partial charge in [0.15, 0.2) is 0 Å². The van der Waals surface area contributed by atoms with Gasteiger partial charge in [-0.25, -0.2) is 0 Å². The largest absolute Gasteiger partial charge is 0.462 e. The minimum absolute atomic E-state index is 0.308. The Labute approximate surface area is 219 Å². The molecule has 36 heavy (non-hydrogen) atoms. The molecule has 0 aromatic heterocycles. The minimum atomic E-state index is -1.16. The fourth-order valence-electron chi connectivity index (χ4n) is 9.92. The average molecular weight is 505 g/mol. The zero-order chi connectivity index (χ0) is 26.5. The molecule has 4 aliphatic rings. The molecule has 4 fully saturated rings. The van der Waals surface area contributed by atoms with Crippen LogP contribution < -0.4 is 0 Å². The highest BCUT2D eigenvalue weighted by Gasteiger charge is 2.68. The number of carbonyl (C=O) groups excluding carboxylic acids is 2. The number of hydrogen-bond donors (Lipinski definition) is 1. The van der Waals surface area contributed by atoms with Crippen molar-refractivity contribution in [2.24, 2.45) is 46.3 Å². The number of fused-ring (bicyclic) bond motifs is 5. The van der Waals surface area contributed by atoms with E-state index >= 15 is 0 Å². The lowest BCUT2D eigenvalue weighted by molar-refractivity contribution is -0.271. The Kier molecular flexibility index (Phi) is 7.93. The lowest BCUT2D eigenvalue weighted by atomic mass is 9.42. The summed E-state index contributed by atoms with van der Waals surface area (Å²) in [6.45, 7) is 14.8. The van der Waals surface area contributed by atoms with Crippen molar-refractivity contribution in [1.29, 1.82) is 0 Å². The molecule has 0 heterocycles. The fraction of sp³-hybridized carbons (Fsp3) is 0.935. The van der Waals surface area contributed by atoms with E-state index in [1.807, 2.05) is 0 Å². The maximum absolute atomic E-state index is 12.3. The second-order valence-electron chi connectivity index (χ2n) is 14.1. The number of carbonyl (C=O) groups is 2. The van der Waals surface area contributed by atoms with Gasteiger partial charge >= 0.3 is 11.9 Å². The van der Waals surface area contributed by atoms with Crippen molar-refractivity contribution in [1.82, 2.24) is 0 Å². The predicted octanol–water partition coefficient (Wildman–Crippen LogP) is 6.70. The maximum atomic E-state index is 12.3. The highest BCUT2D eigenvalue weighted by molar-refractivity contribution is 5.66. The predicted molar refractivity (Wildman–Crippen MR) is 141 cm³/mol.